The molecule has 6 nitrogen and oxygen atoms in total. The largest absolute Gasteiger partial charge is 0.502 e. The van der Waals surface area contributed by atoms with Gasteiger partial charge in [0.25, 0.3) is 5.91 Å². The van der Waals surface area contributed by atoms with Gasteiger partial charge in [0.2, 0.25) is 5.43 Å². The Morgan fingerprint density at radius 1 is 0.875 bits per heavy atom. The minimum absolute atomic E-state index is 0.0542. The number of halogens is 3. The highest BCUT2D eigenvalue weighted by atomic mass is 19.2. The van der Waals surface area contributed by atoms with Gasteiger partial charge in [0.05, 0.1) is 0 Å². The normalized spacial score (nSPS) is 20.8. The van der Waals surface area contributed by atoms with Gasteiger partial charge in [-0.25, -0.2) is 13.2 Å². The van der Waals surface area contributed by atoms with Crippen LogP contribution in [0.15, 0.2) is 77.7 Å². The topological polar surface area (TPSA) is 65.8 Å². The molecule has 202 valence electrons. The molecule has 3 aromatic carbocycles. The molecule has 9 heteroatoms. The Bertz CT molecular complexity index is 1750. The van der Waals surface area contributed by atoms with Crippen molar-refractivity contribution in [1.82, 2.24) is 9.58 Å². The van der Waals surface area contributed by atoms with Crippen LogP contribution in [0, 0.1) is 23.4 Å². The van der Waals surface area contributed by atoms with Crippen LogP contribution in [-0.2, 0) is 24.8 Å². The third-order valence-electron chi connectivity index (χ3n) is 8.61. The van der Waals surface area contributed by atoms with Crippen molar-refractivity contribution in [1.29, 1.82) is 0 Å². The Hall–Kier alpha value is -4.53. The standard InChI is InChI=1S/C31H24F3N3O3/c32-22-7-5-18(6-8-22)9-11-35-17-37(36-12-10-27(38)29(39)28(36)30(35)40)31-21(13-19-3-1-2-4-23(19)31)14-20-15-25(33)26(34)16-24(20)31/h1-8,10,12,15-16,21,39H,9,11,13-14,17H2. The van der Waals surface area contributed by atoms with Crippen molar-refractivity contribution in [3.63, 3.8) is 0 Å². The third kappa shape index (κ3) is 3.36. The van der Waals surface area contributed by atoms with Gasteiger partial charge in [0, 0.05) is 24.7 Å². The number of amides is 1. The maximum atomic E-state index is 14.9. The summed E-state index contributed by atoms with van der Waals surface area (Å²) >= 11 is 0. The van der Waals surface area contributed by atoms with E-state index in [0.29, 0.717) is 30.4 Å². The lowest BCUT2D eigenvalue weighted by Crippen LogP contribution is -2.63. The summed E-state index contributed by atoms with van der Waals surface area (Å²) in [7, 11) is 0. The predicted octanol–water partition coefficient (Wildman–Crippen LogP) is 4.24. The maximum absolute atomic E-state index is 14.9. The van der Waals surface area contributed by atoms with Gasteiger partial charge < -0.3 is 10.0 Å². The summed E-state index contributed by atoms with van der Waals surface area (Å²) < 4.78 is 44.2. The lowest BCUT2D eigenvalue weighted by molar-refractivity contribution is 0.0649. The van der Waals surface area contributed by atoms with Gasteiger partial charge in [0.1, 0.15) is 18.0 Å². The van der Waals surface area contributed by atoms with Crippen LogP contribution < -0.4 is 10.4 Å². The monoisotopic (exact) mass is 543 g/mol. The molecule has 1 aliphatic heterocycles. The molecule has 1 N–H and O–H groups in total. The van der Waals surface area contributed by atoms with E-state index in [1.54, 1.807) is 12.1 Å². The van der Waals surface area contributed by atoms with Crippen molar-refractivity contribution in [2.75, 3.05) is 18.2 Å². The van der Waals surface area contributed by atoms with Gasteiger partial charge in [-0.15, -0.1) is 0 Å². The number of aromatic hydroxyl groups is 1. The molecule has 1 amide bonds. The molecular formula is C31H24F3N3O3. The Kier molecular flexibility index (Phi) is 5.35. The fraction of sp³-hybridized carbons (Fsp3) is 0.226. The molecule has 0 fully saturated rings. The van der Waals surface area contributed by atoms with Crippen LogP contribution in [0.5, 0.6) is 5.75 Å². The lowest BCUT2D eigenvalue weighted by Gasteiger charge is -2.50. The zero-order chi connectivity index (χ0) is 27.8. The summed E-state index contributed by atoms with van der Waals surface area (Å²) in [4.78, 5) is 27.8. The van der Waals surface area contributed by atoms with Gasteiger partial charge in [-0.3, -0.25) is 19.3 Å². The molecule has 2 aliphatic carbocycles. The molecule has 0 radical (unpaired) electrons. The maximum Gasteiger partial charge on any atom is 0.277 e. The number of aromatic nitrogens is 1. The quantitative estimate of drug-likeness (QED) is 0.419. The minimum Gasteiger partial charge on any atom is -0.502 e. The van der Waals surface area contributed by atoms with E-state index in [4.69, 9.17) is 0 Å². The van der Waals surface area contributed by atoms with Gasteiger partial charge in [-0.1, -0.05) is 36.4 Å². The molecule has 0 spiro atoms. The van der Waals surface area contributed by atoms with Crippen LogP contribution >= 0.6 is 0 Å². The number of carbonyl (C=O) groups excluding carboxylic acids is 1. The van der Waals surface area contributed by atoms with Crippen molar-refractivity contribution < 1.29 is 23.1 Å². The number of hydrogen-bond acceptors (Lipinski definition) is 4. The number of pyridine rings is 1. The SMILES string of the molecule is O=C1c2c(O)c(=O)ccn2N(C23c4ccccc4CC2Cc2cc(F)c(F)cc23)CN1CCc1ccc(F)cc1. The number of hydrogen-bond donors (Lipinski definition) is 1. The molecule has 2 unspecified atom stereocenters. The second-order valence-electron chi connectivity index (χ2n) is 10.7. The van der Waals surface area contributed by atoms with Crippen LogP contribution in [0.1, 0.15) is 38.3 Å². The second kappa shape index (κ2) is 8.74. The third-order valence-corrected chi connectivity index (χ3v) is 8.61. The first kappa shape index (κ1) is 24.5. The van der Waals surface area contributed by atoms with Crippen LogP contribution in [0.3, 0.4) is 0 Å². The Balaban J connectivity index is 1.43. The number of rotatable bonds is 4. The van der Waals surface area contributed by atoms with Crippen LogP contribution in [0.25, 0.3) is 0 Å². The molecule has 0 saturated carbocycles. The van der Waals surface area contributed by atoms with E-state index in [-0.39, 0.29) is 30.6 Å². The van der Waals surface area contributed by atoms with E-state index in [0.717, 1.165) is 16.7 Å². The van der Waals surface area contributed by atoms with E-state index in [1.807, 2.05) is 29.3 Å². The number of nitrogens with zero attached hydrogens (tertiary/aromatic N) is 3. The van der Waals surface area contributed by atoms with Crippen LogP contribution in [-0.4, -0.2) is 33.8 Å². The Morgan fingerprint density at radius 3 is 2.40 bits per heavy atom. The van der Waals surface area contributed by atoms with Crippen molar-refractivity contribution >= 4 is 5.91 Å². The second-order valence-corrected chi connectivity index (χ2v) is 10.7. The molecule has 7 rings (SSSR count). The van der Waals surface area contributed by atoms with Gasteiger partial charge >= 0.3 is 0 Å². The van der Waals surface area contributed by atoms with E-state index in [1.165, 1.54) is 46.1 Å². The van der Waals surface area contributed by atoms with Crippen LogP contribution in [0.2, 0.25) is 0 Å². The fourth-order valence-electron chi connectivity index (χ4n) is 6.88. The number of fused-ring (bicyclic) bond motifs is 6. The van der Waals surface area contributed by atoms with E-state index in [9.17, 15) is 27.9 Å². The molecular weight excluding hydrogens is 519 g/mol. The van der Waals surface area contributed by atoms with Gasteiger partial charge in [-0.2, -0.15) is 0 Å². The Morgan fingerprint density at radius 2 is 1.60 bits per heavy atom. The minimum atomic E-state index is -0.994. The Labute approximate surface area is 227 Å². The van der Waals surface area contributed by atoms with Crippen molar-refractivity contribution in [3.8, 4) is 5.75 Å². The highest BCUT2D eigenvalue weighted by molar-refractivity contribution is 5.96. The highest BCUT2D eigenvalue weighted by Gasteiger charge is 2.59. The van der Waals surface area contributed by atoms with Gasteiger partial charge in [-0.05, 0) is 71.3 Å². The summed E-state index contributed by atoms with van der Waals surface area (Å²) in [6.07, 6.45) is 3.00. The summed E-state index contributed by atoms with van der Waals surface area (Å²) in [6, 6.07) is 17.5. The van der Waals surface area contributed by atoms with E-state index in [2.05, 4.69) is 0 Å². The molecule has 1 aromatic heterocycles. The van der Waals surface area contributed by atoms with E-state index >= 15 is 0 Å². The molecule has 2 atom stereocenters. The first-order valence-electron chi connectivity index (χ1n) is 13.1. The number of benzene rings is 3. The molecule has 0 saturated heterocycles. The average molecular weight is 544 g/mol. The van der Waals surface area contributed by atoms with Crippen molar-refractivity contribution in [2.24, 2.45) is 5.92 Å². The zero-order valence-corrected chi connectivity index (χ0v) is 21.3. The first-order chi connectivity index (χ1) is 19.3. The van der Waals surface area contributed by atoms with Crippen LogP contribution in [0.4, 0.5) is 13.2 Å². The summed E-state index contributed by atoms with van der Waals surface area (Å²) in [6.45, 7) is 0.273. The van der Waals surface area contributed by atoms with Crippen molar-refractivity contribution in [2.45, 2.75) is 24.8 Å². The number of carbonyl (C=O) groups is 1. The molecule has 3 aliphatic rings. The molecule has 40 heavy (non-hydrogen) atoms. The molecule has 0 bridgehead atoms. The summed E-state index contributed by atoms with van der Waals surface area (Å²) in [5, 5.41) is 12.8. The average Bonchev–Trinajstić information content (AvgIpc) is 3.42. The fourth-order valence-corrected chi connectivity index (χ4v) is 6.88. The smallest absolute Gasteiger partial charge is 0.277 e. The van der Waals surface area contributed by atoms with Crippen molar-refractivity contribution in [3.05, 3.63) is 134 Å². The summed E-state index contributed by atoms with van der Waals surface area (Å²) in [5.74, 6) is -3.58. The first-order valence-corrected chi connectivity index (χ1v) is 13.1. The van der Waals surface area contributed by atoms with E-state index < -0.39 is 34.3 Å². The molecule has 2 heterocycles. The summed E-state index contributed by atoms with van der Waals surface area (Å²) in [5.41, 5.74) is 2.18. The van der Waals surface area contributed by atoms with Gasteiger partial charge in [0.15, 0.2) is 23.1 Å². The highest BCUT2D eigenvalue weighted by Crippen LogP contribution is 2.57. The lowest BCUT2D eigenvalue weighted by atomic mass is 9.81. The molecule has 4 aromatic rings. The zero-order valence-electron chi connectivity index (χ0n) is 21.3. The predicted molar refractivity (Wildman–Crippen MR) is 141 cm³/mol.